The Kier molecular flexibility index (Phi) is 7.55. The molecule has 2 rings (SSSR count). The Bertz CT molecular complexity index is 783. The van der Waals surface area contributed by atoms with Crippen molar-refractivity contribution in [3.05, 3.63) is 62.5 Å². The molecule has 0 saturated heterocycles. The third-order valence-electron chi connectivity index (χ3n) is 4.02. The van der Waals surface area contributed by atoms with Crippen molar-refractivity contribution in [3.8, 4) is 0 Å². The van der Waals surface area contributed by atoms with Crippen molar-refractivity contribution < 1.29 is 55.0 Å². The number of esters is 2. The Morgan fingerprint density at radius 1 is 1.08 bits per heavy atom. The smallest absolute Gasteiger partial charge is 1.00 e. The molecule has 0 aromatic heterocycles. The molecule has 134 valence electrons. The van der Waals surface area contributed by atoms with Crippen LogP contribution in [0, 0.1) is 10.1 Å². The molecule has 1 N–H and O–H groups in total. The summed E-state index contributed by atoms with van der Waals surface area (Å²) in [6, 6.07) is 5.97. The van der Waals surface area contributed by atoms with Gasteiger partial charge < -0.3 is 16.2 Å². The Morgan fingerprint density at radius 2 is 1.54 bits per heavy atom. The van der Waals surface area contributed by atoms with Crippen molar-refractivity contribution >= 4 is 17.6 Å². The third-order valence-corrected chi connectivity index (χ3v) is 4.02. The molecule has 0 bridgehead atoms. The third kappa shape index (κ3) is 3.98. The van der Waals surface area contributed by atoms with Crippen LogP contribution in [-0.4, -0.2) is 31.1 Å². The average Bonchev–Trinajstić information content (AvgIpc) is 2.59. The van der Waals surface area contributed by atoms with Gasteiger partial charge in [-0.2, -0.15) is 0 Å². The number of nitro benzene ring substituents is 1. The molecule has 1 aliphatic heterocycles. The molecule has 0 spiro atoms. The molecule has 26 heavy (non-hydrogen) atoms. The van der Waals surface area contributed by atoms with Crippen molar-refractivity contribution in [1.29, 1.82) is 0 Å². The number of hydrogen-bond acceptors (Lipinski definition) is 7. The summed E-state index contributed by atoms with van der Waals surface area (Å²) in [4.78, 5) is 35.6. The molecule has 0 radical (unpaired) electrons. The van der Waals surface area contributed by atoms with Gasteiger partial charge in [0.25, 0.3) is 5.69 Å². The SMILES string of the molecule is COC(=O)C1=C(C)NC(C)=C(C(=O)OC)C1c1ccccc1[N+](=O)[O-].[H-].[Na+]. The molecule has 0 atom stereocenters. The Labute approximate surface area is 174 Å². The number of rotatable bonds is 4. The predicted octanol–water partition coefficient (Wildman–Crippen LogP) is -0.708. The summed E-state index contributed by atoms with van der Waals surface area (Å²) >= 11 is 0. The van der Waals surface area contributed by atoms with E-state index in [0.29, 0.717) is 11.4 Å². The van der Waals surface area contributed by atoms with E-state index in [1.54, 1.807) is 19.9 Å². The fourth-order valence-corrected chi connectivity index (χ4v) is 2.96. The molecule has 1 aromatic rings. The summed E-state index contributed by atoms with van der Waals surface area (Å²) in [6.45, 7) is 3.29. The number of carbonyl (C=O) groups excluding carboxylic acids is 2. The van der Waals surface area contributed by atoms with Crippen LogP contribution in [0.5, 0.6) is 0 Å². The average molecular weight is 370 g/mol. The van der Waals surface area contributed by atoms with Gasteiger partial charge in [-0.1, -0.05) is 18.2 Å². The number of ether oxygens (including phenoxy) is 2. The van der Waals surface area contributed by atoms with Crippen LogP contribution in [0.15, 0.2) is 46.8 Å². The van der Waals surface area contributed by atoms with Gasteiger partial charge in [0, 0.05) is 23.0 Å². The van der Waals surface area contributed by atoms with E-state index in [1.165, 1.54) is 32.4 Å². The number of benzene rings is 1. The van der Waals surface area contributed by atoms with Gasteiger partial charge in [0.1, 0.15) is 0 Å². The van der Waals surface area contributed by atoms with Gasteiger partial charge in [0.15, 0.2) is 0 Å². The van der Waals surface area contributed by atoms with E-state index in [0.717, 1.165) is 0 Å². The number of nitrogens with zero attached hydrogens (tertiary/aromatic N) is 1. The van der Waals surface area contributed by atoms with Gasteiger partial charge in [-0.25, -0.2) is 9.59 Å². The van der Waals surface area contributed by atoms with Crippen molar-refractivity contribution in [2.45, 2.75) is 19.8 Å². The molecule has 0 amide bonds. The van der Waals surface area contributed by atoms with Gasteiger partial charge >= 0.3 is 41.5 Å². The van der Waals surface area contributed by atoms with Crippen molar-refractivity contribution in [3.63, 3.8) is 0 Å². The molecule has 1 aliphatic rings. The number of nitrogens with one attached hydrogen (secondary N) is 1. The summed E-state index contributed by atoms with van der Waals surface area (Å²) in [5.74, 6) is -2.33. The number of allylic oxidation sites excluding steroid dienone is 2. The summed E-state index contributed by atoms with van der Waals surface area (Å²) in [6.07, 6.45) is 0. The molecule has 1 heterocycles. The minimum atomic E-state index is -0.970. The minimum absolute atomic E-state index is 0. The van der Waals surface area contributed by atoms with Crippen LogP contribution in [0.4, 0.5) is 5.69 Å². The fraction of sp³-hybridized carbons (Fsp3) is 0.294. The molecule has 1 aromatic carbocycles. The molecular formula is C17H19N2NaO6. The first kappa shape index (κ1) is 21.9. The Hall–Kier alpha value is -2.16. The molecule has 0 saturated carbocycles. The first-order chi connectivity index (χ1) is 11.8. The van der Waals surface area contributed by atoms with E-state index in [-0.39, 0.29) is 53.4 Å². The van der Waals surface area contributed by atoms with Gasteiger partial charge in [0.2, 0.25) is 0 Å². The monoisotopic (exact) mass is 370 g/mol. The maximum Gasteiger partial charge on any atom is 1.00 e. The second kappa shape index (κ2) is 8.98. The van der Waals surface area contributed by atoms with Gasteiger partial charge in [0.05, 0.1) is 36.2 Å². The quantitative estimate of drug-likeness (QED) is 0.323. The fourth-order valence-electron chi connectivity index (χ4n) is 2.96. The normalized spacial score (nSPS) is 14.3. The maximum atomic E-state index is 12.3. The van der Waals surface area contributed by atoms with Crippen LogP contribution >= 0.6 is 0 Å². The van der Waals surface area contributed by atoms with Crippen LogP contribution in [0.2, 0.25) is 0 Å². The van der Waals surface area contributed by atoms with Crippen LogP contribution in [0.25, 0.3) is 0 Å². The Morgan fingerprint density at radius 3 is 1.96 bits per heavy atom. The number of methoxy groups -OCH3 is 2. The van der Waals surface area contributed by atoms with Gasteiger partial charge in [-0.3, -0.25) is 10.1 Å². The number of hydrogen-bond donors (Lipinski definition) is 1. The van der Waals surface area contributed by atoms with Gasteiger partial charge in [-0.15, -0.1) is 0 Å². The molecule has 0 aliphatic carbocycles. The summed E-state index contributed by atoms with van der Waals surface area (Å²) < 4.78 is 9.66. The van der Waals surface area contributed by atoms with E-state index in [4.69, 9.17) is 9.47 Å². The van der Waals surface area contributed by atoms with Crippen molar-refractivity contribution in [1.82, 2.24) is 5.32 Å². The minimum Gasteiger partial charge on any atom is -1.00 e. The molecule has 0 fully saturated rings. The number of para-hydroxylation sites is 1. The van der Waals surface area contributed by atoms with E-state index >= 15 is 0 Å². The van der Waals surface area contributed by atoms with Crippen LogP contribution < -0.4 is 34.9 Å². The maximum absolute atomic E-state index is 12.3. The number of nitro groups is 1. The molecule has 9 heteroatoms. The number of dihydropyridines is 1. The van der Waals surface area contributed by atoms with Gasteiger partial charge in [-0.05, 0) is 13.8 Å². The first-order valence-corrected chi connectivity index (χ1v) is 7.42. The van der Waals surface area contributed by atoms with E-state index in [2.05, 4.69) is 5.32 Å². The zero-order valence-corrected chi connectivity index (χ0v) is 17.3. The summed E-state index contributed by atoms with van der Waals surface area (Å²) in [5.41, 5.74) is 1.19. The zero-order chi connectivity index (χ0) is 18.7. The second-order valence-electron chi connectivity index (χ2n) is 5.43. The van der Waals surface area contributed by atoms with Crippen molar-refractivity contribution in [2.24, 2.45) is 0 Å². The predicted molar refractivity (Wildman–Crippen MR) is 89.5 cm³/mol. The van der Waals surface area contributed by atoms with Crippen LogP contribution in [0.3, 0.4) is 0 Å². The molecular weight excluding hydrogens is 351 g/mol. The standard InChI is InChI=1S/C17H18N2O6.Na.H/c1-9-13(16(20)24-3)15(14(10(2)18-9)17(21)25-4)11-7-5-6-8-12(11)19(22)23;;/h5-8,15,18H,1-4H3;;/q;+1;-1. The van der Waals surface area contributed by atoms with E-state index < -0.39 is 22.8 Å². The van der Waals surface area contributed by atoms with E-state index in [1.807, 2.05) is 0 Å². The summed E-state index contributed by atoms with van der Waals surface area (Å²) in [7, 11) is 2.42. The van der Waals surface area contributed by atoms with Crippen LogP contribution in [0.1, 0.15) is 26.8 Å². The number of carbonyl (C=O) groups is 2. The molecule has 8 nitrogen and oxygen atoms in total. The molecule has 0 unspecified atom stereocenters. The first-order valence-electron chi connectivity index (χ1n) is 7.42. The van der Waals surface area contributed by atoms with Crippen LogP contribution in [-0.2, 0) is 19.1 Å². The summed E-state index contributed by atoms with van der Waals surface area (Å²) in [5, 5.41) is 14.4. The second-order valence-corrected chi connectivity index (χ2v) is 5.43. The zero-order valence-electron chi connectivity index (χ0n) is 16.3. The Balaban J connectivity index is 0.00000338. The van der Waals surface area contributed by atoms with E-state index in [9.17, 15) is 19.7 Å². The topological polar surface area (TPSA) is 108 Å². The largest absolute Gasteiger partial charge is 1.00 e. The van der Waals surface area contributed by atoms with Crippen molar-refractivity contribution in [2.75, 3.05) is 14.2 Å².